The number of benzene rings is 1. The molecule has 1 aliphatic heterocycles. The standard InChI is InChI=1S/C16H21N3O2/c1-20-9-12-3-2-4-14(7-12)19-11-18-8-15(19)16(17)13-5-6-21-10-13/h2-4,7-8,11,13,16H,5-6,9-10,17H2,1H3. The van der Waals surface area contributed by atoms with Gasteiger partial charge in [-0.25, -0.2) is 4.98 Å². The van der Waals surface area contributed by atoms with Crippen molar-refractivity contribution in [3.63, 3.8) is 0 Å². The molecule has 3 rings (SSSR count). The Balaban J connectivity index is 1.89. The van der Waals surface area contributed by atoms with E-state index in [1.807, 2.05) is 24.7 Å². The number of aromatic nitrogens is 2. The van der Waals surface area contributed by atoms with Crippen LogP contribution in [0.15, 0.2) is 36.8 Å². The molecule has 0 spiro atoms. The van der Waals surface area contributed by atoms with Gasteiger partial charge in [-0.15, -0.1) is 0 Å². The molecule has 2 heterocycles. The molecule has 2 unspecified atom stereocenters. The van der Waals surface area contributed by atoms with E-state index < -0.39 is 0 Å². The fourth-order valence-corrected chi connectivity index (χ4v) is 2.81. The van der Waals surface area contributed by atoms with Gasteiger partial charge >= 0.3 is 0 Å². The van der Waals surface area contributed by atoms with E-state index in [-0.39, 0.29) is 6.04 Å². The van der Waals surface area contributed by atoms with E-state index in [2.05, 4.69) is 21.7 Å². The molecule has 21 heavy (non-hydrogen) atoms. The highest BCUT2D eigenvalue weighted by Crippen LogP contribution is 2.28. The molecule has 0 aliphatic carbocycles. The zero-order chi connectivity index (χ0) is 14.7. The molecular formula is C16H21N3O2. The summed E-state index contributed by atoms with van der Waals surface area (Å²) in [4.78, 5) is 4.28. The van der Waals surface area contributed by atoms with Crippen LogP contribution in [0.25, 0.3) is 5.69 Å². The molecule has 1 saturated heterocycles. The van der Waals surface area contributed by atoms with Gasteiger partial charge < -0.3 is 19.8 Å². The largest absolute Gasteiger partial charge is 0.381 e. The number of nitrogens with two attached hydrogens (primary N) is 1. The van der Waals surface area contributed by atoms with E-state index >= 15 is 0 Å². The maximum absolute atomic E-state index is 6.41. The highest BCUT2D eigenvalue weighted by Gasteiger charge is 2.26. The maximum atomic E-state index is 6.41. The zero-order valence-electron chi connectivity index (χ0n) is 12.2. The normalized spacial score (nSPS) is 19.8. The average Bonchev–Trinajstić information content (AvgIpc) is 3.19. The minimum absolute atomic E-state index is 0.0546. The molecule has 0 amide bonds. The molecule has 1 aromatic heterocycles. The van der Waals surface area contributed by atoms with Gasteiger partial charge in [-0.2, -0.15) is 0 Å². The first kappa shape index (κ1) is 14.3. The maximum Gasteiger partial charge on any atom is 0.0994 e. The number of hydrogen-bond acceptors (Lipinski definition) is 4. The molecule has 5 heteroatoms. The molecule has 2 aromatic rings. The molecule has 112 valence electrons. The molecule has 2 atom stereocenters. The van der Waals surface area contributed by atoms with E-state index in [0.29, 0.717) is 12.5 Å². The van der Waals surface area contributed by atoms with Crippen LogP contribution in [0.2, 0.25) is 0 Å². The van der Waals surface area contributed by atoms with Crippen molar-refractivity contribution in [2.75, 3.05) is 20.3 Å². The third-order valence-corrected chi connectivity index (χ3v) is 3.98. The molecule has 2 N–H and O–H groups in total. The summed E-state index contributed by atoms with van der Waals surface area (Å²) in [6, 6.07) is 8.18. The summed E-state index contributed by atoms with van der Waals surface area (Å²) < 4.78 is 12.7. The number of rotatable bonds is 5. The van der Waals surface area contributed by atoms with Gasteiger partial charge in [-0.05, 0) is 24.1 Å². The Kier molecular flexibility index (Phi) is 4.34. The quantitative estimate of drug-likeness (QED) is 0.914. The lowest BCUT2D eigenvalue weighted by atomic mass is 9.97. The van der Waals surface area contributed by atoms with Gasteiger partial charge in [-0.3, -0.25) is 0 Å². The number of nitrogens with zero attached hydrogens (tertiary/aromatic N) is 2. The first-order chi connectivity index (χ1) is 10.3. The van der Waals surface area contributed by atoms with Crippen molar-refractivity contribution in [3.8, 4) is 5.69 Å². The van der Waals surface area contributed by atoms with Crippen LogP contribution in [0.1, 0.15) is 23.7 Å². The Hall–Kier alpha value is -1.69. The van der Waals surface area contributed by atoms with Gasteiger partial charge in [0.25, 0.3) is 0 Å². The average molecular weight is 287 g/mol. The van der Waals surface area contributed by atoms with Crippen LogP contribution in [-0.2, 0) is 16.1 Å². The van der Waals surface area contributed by atoms with E-state index in [4.69, 9.17) is 15.2 Å². The van der Waals surface area contributed by atoms with Gasteiger partial charge in [0, 0.05) is 25.3 Å². The lowest BCUT2D eigenvalue weighted by molar-refractivity contribution is 0.180. The SMILES string of the molecule is COCc1cccc(-n2cncc2C(N)C2CCOC2)c1. The summed E-state index contributed by atoms with van der Waals surface area (Å²) in [6.07, 6.45) is 4.68. The first-order valence-corrected chi connectivity index (χ1v) is 7.23. The van der Waals surface area contributed by atoms with Gasteiger partial charge in [0.1, 0.15) is 0 Å². The Morgan fingerprint density at radius 1 is 1.52 bits per heavy atom. The summed E-state index contributed by atoms with van der Waals surface area (Å²) in [5.74, 6) is 0.364. The van der Waals surface area contributed by atoms with Crippen LogP contribution in [0.5, 0.6) is 0 Å². The first-order valence-electron chi connectivity index (χ1n) is 7.23. The minimum atomic E-state index is -0.0546. The second-order valence-electron chi connectivity index (χ2n) is 5.44. The molecule has 1 aromatic carbocycles. The lowest BCUT2D eigenvalue weighted by Crippen LogP contribution is -2.24. The fourth-order valence-electron chi connectivity index (χ4n) is 2.81. The Labute approximate surface area is 124 Å². The van der Waals surface area contributed by atoms with E-state index in [0.717, 1.165) is 36.6 Å². The number of imidazole rings is 1. The topological polar surface area (TPSA) is 62.3 Å². The smallest absolute Gasteiger partial charge is 0.0994 e. The highest BCUT2D eigenvalue weighted by atomic mass is 16.5. The summed E-state index contributed by atoms with van der Waals surface area (Å²) in [7, 11) is 1.70. The van der Waals surface area contributed by atoms with E-state index in [1.54, 1.807) is 7.11 Å². The Morgan fingerprint density at radius 2 is 2.43 bits per heavy atom. The lowest BCUT2D eigenvalue weighted by Gasteiger charge is -2.19. The highest BCUT2D eigenvalue weighted by molar-refractivity contribution is 5.38. The van der Waals surface area contributed by atoms with Crippen molar-refractivity contribution in [3.05, 3.63) is 48.0 Å². The summed E-state index contributed by atoms with van der Waals surface area (Å²) >= 11 is 0. The number of hydrogen-bond donors (Lipinski definition) is 1. The minimum Gasteiger partial charge on any atom is -0.381 e. The van der Waals surface area contributed by atoms with Crippen molar-refractivity contribution in [2.45, 2.75) is 19.1 Å². The van der Waals surface area contributed by atoms with Gasteiger partial charge in [0.15, 0.2) is 0 Å². The van der Waals surface area contributed by atoms with Gasteiger partial charge in [-0.1, -0.05) is 12.1 Å². The molecular weight excluding hydrogens is 266 g/mol. The molecule has 1 fully saturated rings. The van der Waals surface area contributed by atoms with Crippen molar-refractivity contribution in [1.29, 1.82) is 0 Å². The summed E-state index contributed by atoms with van der Waals surface area (Å²) in [6.45, 7) is 2.13. The number of methoxy groups -OCH3 is 1. The van der Waals surface area contributed by atoms with Gasteiger partial charge in [0.2, 0.25) is 0 Å². The second kappa shape index (κ2) is 6.39. The molecule has 1 aliphatic rings. The van der Waals surface area contributed by atoms with E-state index in [9.17, 15) is 0 Å². The van der Waals surface area contributed by atoms with Crippen LogP contribution in [0.4, 0.5) is 0 Å². The molecule has 5 nitrogen and oxygen atoms in total. The monoisotopic (exact) mass is 287 g/mol. The van der Waals surface area contributed by atoms with Crippen molar-refractivity contribution < 1.29 is 9.47 Å². The predicted octanol–water partition coefficient (Wildman–Crippen LogP) is 2.05. The van der Waals surface area contributed by atoms with Gasteiger partial charge in [0.05, 0.1) is 37.5 Å². The van der Waals surface area contributed by atoms with Crippen LogP contribution >= 0.6 is 0 Å². The third kappa shape index (κ3) is 3.00. The fraction of sp³-hybridized carbons (Fsp3) is 0.438. The van der Waals surface area contributed by atoms with Crippen LogP contribution < -0.4 is 5.73 Å². The number of ether oxygens (including phenoxy) is 2. The van der Waals surface area contributed by atoms with Crippen LogP contribution in [0.3, 0.4) is 0 Å². The van der Waals surface area contributed by atoms with Crippen molar-refractivity contribution >= 4 is 0 Å². The van der Waals surface area contributed by atoms with Crippen LogP contribution in [-0.4, -0.2) is 29.9 Å². The van der Waals surface area contributed by atoms with E-state index in [1.165, 1.54) is 0 Å². The van der Waals surface area contributed by atoms with Crippen molar-refractivity contribution in [2.24, 2.45) is 11.7 Å². The molecule has 0 radical (unpaired) electrons. The Morgan fingerprint density at radius 3 is 3.19 bits per heavy atom. The Bertz CT molecular complexity index is 591. The second-order valence-corrected chi connectivity index (χ2v) is 5.44. The van der Waals surface area contributed by atoms with Crippen molar-refractivity contribution in [1.82, 2.24) is 9.55 Å². The molecule has 0 saturated carbocycles. The zero-order valence-corrected chi connectivity index (χ0v) is 12.2. The third-order valence-electron chi connectivity index (χ3n) is 3.98. The predicted molar refractivity (Wildman–Crippen MR) is 80.1 cm³/mol. The molecule has 0 bridgehead atoms. The van der Waals surface area contributed by atoms with Crippen LogP contribution in [0, 0.1) is 5.92 Å². The summed E-state index contributed by atoms with van der Waals surface area (Å²) in [5, 5.41) is 0. The summed E-state index contributed by atoms with van der Waals surface area (Å²) in [5.41, 5.74) is 9.64.